The van der Waals surface area contributed by atoms with Gasteiger partial charge in [-0.2, -0.15) is 0 Å². The molecule has 4 heteroatoms. The number of benzene rings is 1. The number of ether oxygens (including phenoxy) is 1. The fourth-order valence-electron chi connectivity index (χ4n) is 1.43. The van der Waals surface area contributed by atoms with Crippen molar-refractivity contribution in [1.29, 1.82) is 0 Å². The summed E-state index contributed by atoms with van der Waals surface area (Å²) >= 11 is 1.43. The van der Waals surface area contributed by atoms with Crippen molar-refractivity contribution >= 4 is 22.9 Å². The molecule has 0 radical (unpaired) electrons. The van der Waals surface area contributed by atoms with Crippen LogP contribution in [0.3, 0.4) is 0 Å². The zero-order valence-corrected chi connectivity index (χ0v) is 10.3. The zero-order chi connectivity index (χ0) is 12.1. The molecule has 1 N–H and O–H groups in total. The van der Waals surface area contributed by atoms with E-state index in [1.54, 1.807) is 6.07 Å². The third-order valence-corrected chi connectivity index (χ3v) is 3.01. The van der Waals surface area contributed by atoms with Gasteiger partial charge < -0.3 is 10.1 Å². The fraction of sp³-hybridized carbons (Fsp3) is 0.154. The molecule has 0 saturated heterocycles. The lowest BCUT2D eigenvalue weighted by Crippen LogP contribution is -2.12. The van der Waals surface area contributed by atoms with Gasteiger partial charge in [0.05, 0.1) is 12.2 Å². The lowest BCUT2D eigenvalue weighted by molar-refractivity contribution is 0.102. The Morgan fingerprint density at radius 3 is 2.76 bits per heavy atom. The molecule has 1 aromatic carbocycles. The molecule has 0 atom stereocenters. The van der Waals surface area contributed by atoms with Crippen molar-refractivity contribution < 1.29 is 9.53 Å². The summed E-state index contributed by atoms with van der Waals surface area (Å²) in [5.74, 6) is -0.138. The molecule has 17 heavy (non-hydrogen) atoms. The van der Waals surface area contributed by atoms with Crippen molar-refractivity contribution in [3.63, 3.8) is 0 Å². The van der Waals surface area contributed by atoms with Gasteiger partial charge in [0.2, 0.25) is 0 Å². The van der Waals surface area contributed by atoms with E-state index in [2.05, 4.69) is 5.32 Å². The van der Waals surface area contributed by atoms with Crippen LogP contribution in [-0.2, 0) is 0 Å². The van der Waals surface area contributed by atoms with Crippen molar-refractivity contribution in [2.45, 2.75) is 6.92 Å². The number of carbonyl (C=O) groups excluding carboxylic acids is 1. The summed E-state index contributed by atoms with van der Waals surface area (Å²) in [7, 11) is 0. The van der Waals surface area contributed by atoms with Crippen LogP contribution in [0.1, 0.15) is 17.3 Å². The molecule has 1 heterocycles. The number of amides is 1. The molecule has 2 aromatic rings. The van der Waals surface area contributed by atoms with E-state index < -0.39 is 0 Å². The summed E-state index contributed by atoms with van der Waals surface area (Å²) in [5.41, 5.74) is 1.37. The Labute approximate surface area is 104 Å². The van der Waals surface area contributed by atoms with Crippen LogP contribution in [0.25, 0.3) is 0 Å². The average Bonchev–Trinajstić information content (AvgIpc) is 2.79. The van der Waals surface area contributed by atoms with Crippen molar-refractivity contribution in [3.05, 3.63) is 47.3 Å². The minimum atomic E-state index is -0.138. The highest BCUT2D eigenvalue weighted by Crippen LogP contribution is 2.26. The zero-order valence-electron chi connectivity index (χ0n) is 9.47. The van der Waals surface area contributed by atoms with Crippen LogP contribution in [0.2, 0.25) is 0 Å². The van der Waals surface area contributed by atoms with Gasteiger partial charge in [-0.25, -0.2) is 0 Å². The summed E-state index contributed by atoms with van der Waals surface area (Å²) in [5, 5.41) is 5.35. The standard InChI is InChI=1S/C13H13NO2S/c1-2-16-13-11(8-9-17-13)12(15)14-10-6-4-3-5-7-10/h3-9H,2H2,1H3,(H,14,15). The SMILES string of the molecule is CCOc1sccc1C(=O)Nc1ccccc1. The maximum absolute atomic E-state index is 12.0. The smallest absolute Gasteiger partial charge is 0.260 e. The average molecular weight is 247 g/mol. The van der Waals surface area contributed by atoms with Crippen LogP contribution in [0.15, 0.2) is 41.8 Å². The van der Waals surface area contributed by atoms with Gasteiger partial charge in [0.15, 0.2) is 5.06 Å². The summed E-state index contributed by atoms with van der Waals surface area (Å²) in [6.07, 6.45) is 0. The third-order valence-electron chi connectivity index (χ3n) is 2.18. The summed E-state index contributed by atoms with van der Waals surface area (Å²) in [6, 6.07) is 11.1. The van der Waals surface area contributed by atoms with E-state index >= 15 is 0 Å². The number of hydrogen-bond acceptors (Lipinski definition) is 3. The number of para-hydroxylation sites is 1. The first-order valence-electron chi connectivity index (χ1n) is 5.38. The van der Waals surface area contributed by atoms with Gasteiger partial charge in [-0.3, -0.25) is 4.79 Å². The summed E-state index contributed by atoms with van der Waals surface area (Å²) in [4.78, 5) is 12.0. The summed E-state index contributed by atoms with van der Waals surface area (Å²) in [6.45, 7) is 2.46. The number of carbonyl (C=O) groups is 1. The first kappa shape index (κ1) is 11.7. The predicted octanol–water partition coefficient (Wildman–Crippen LogP) is 3.40. The predicted molar refractivity (Wildman–Crippen MR) is 69.9 cm³/mol. The van der Waals surface area contributed by atoms with Crippen LogP contribution >= 0.6 is 11.3 Å². The van der Waals surface area contributed by atoms with E-state index in [9.17, 15) is 4.79 Å². The number of hydrogen-bond donors (Lipinski definition) is 1. The van der Waals surface area contributed by atoms with E-state index in [1.165, 1.54) is 11.3 Å². The molecule has 0 fully saturated rings. The molecule has 0 unspecified atom stereocenters. The van der Waals surface area contributed by atoms with Gasteiger partial charge in [-0.1, -0.05) is 18.2 Å². The van der Waals surface area contributed by atoms with Gasteiger partial charge in [-0.15, -0.1) is 11.3 Å². The molecule has 3 nitrogen and oxygen atoms in total. The molecular weight excluding hydrogens is 234 g/mol. The molecule has 2 rings (SSSR count). The van der Waals surface area contributed by atoms with Crippen molar-refractivity contribution in [2.24, 2.45) is 0 Å². The van der Waals surface area contributed by atoms with Crippen molar-refractivity contribution in [2.75, 3.05) is 11.9 Å². The number of anilines is 1. The quantitative estimate of drug-likeness (QED) is 0.899. The van der Waals surface area contributed by atoms with Crippen LogP contribution in [0.5, 0.6) is 5.06 Å². The Morgan fingerprint density at radius 2 is 2.06 bits per heavy atom. The molecule has 88 valence electrons. The Bertz CT molecular complexity index is 493. The second kappa shape index (κ2) is 5.50. The third kappa shape index (κ3) is 2.85. The molecule has 0 bridgehead atoms. The van der Waals surface area contributed by atoms with E-state index in [1.807, 2.05) is 42.6 Å². The second-order valence-electron chi connectivity index (χ2n) is 3.37. The van der Waals surface area contributed by atoms with Gasteiger partial charge in [-0.05, 0) is 30.5 Å². The molecule has 1 amide bonds. The minimum absolute atomic E-state index is 0.138. The molecule has 0 aliphatic carbocycles. The van der Waals surface area contributed by atoms with Crippen LogP contribution in [0.4, 0.5) is 5.69 Å². The number of rotatable bonds is 4. The highest BCUT2D eigenvalue weighted by molar-refractivity contribution is 7.12. The van der Waals surface area contributed by atoms with Crippen LogP contribution < -0.4 is 10.1 Å². The normalized spacial score (nSPS) is 9.94. The second-order valence-corrected chi connectivity index (χ2v) is 4.25. The van der Waals surface area contributed by atoms with E-state index in [4.69, 9.17) is 4.74 Å². The first-order valence-corrected chi connectivity index (χ1v) is 6.26. The van der Waals surface area contributed by atoms with E-state index in [0.717, 1.165) is 5.69 Å². The molecule has 0 aliphatic rings. The number of nitrogens with one attached hydrogen (secondary N) is 1. The monoisotopic (exact) mass is 247 g/mol. The number of thiophene rings is 1. The van der Waals surface area contributed by atoms with Gasteiger partial charge in [0, 0.05) is 5.69 Å². The van der Waals surface area contributed by atoms with E-state index in [-0.39, 0.29) is 5.91 Å². The van der Waals surface area contributed by atoms with Crippen LogP contribution in [-0.4, -0.2) is 12.5 Å². The highest BCUT2D eigenvalue weighted by atomic mass is 32.1. The lowest BCUT2D eigenvalue weighted by atomic mass is 10.2. The Morgan fingerprint density at radius 1 is 1.29 bits per heavy atom. The van der Waals surface area contributed by atoms with Crippen LogP contribution in [0, 0.1) is 0 Å². The molecule has 0 saturated carbocycles. The molecular formula is C13H13NO2S. The Hall–Kier alpha value is -1.81. The Kier molecular flexibility index (Phi) is 3.77. The molecule has 1 aromatic heterocycles. The Balaban J connectivity index is 2.12. The maximum atomic E-state index is 12.0. The van der Waals surface area contributed by atoms with Crippen molar-refractivity contribution in [1.82, 2.24) is 0 Å². The minimum Gasteiger partial charge on any atom is -0.484 e. The van der Waals surface area contributed by atoms with Gasteiger partial charge >= 0.3 is 0 Å². The molecule has 0 aliphatic heterocycles. The summed E-state index contributed by atoms with van der Waals surface area (Å²) < 4.78 is 5.39. The highest BCUT2D eigenvalue weighted by Gasteiger charge is 2.13. The topological polar surface area (TPSA) is 38.3 Å². The fourth-order valence-corrected chi connectivity index (χ4v) is 2.23. The van der Waals surface area contributed by atoms with E-state index in [0.29, 0.717) is 17.2 Å². The van der Waals surface area contributed by atoms with Gasteiger partial charge in [0.1, 0.15) is 0 Å². The maximum Gasteiger partial charge on any atom is 0.260 e. The first-order chi connectivity index (χ1) is 8.31. The molecule has 0 spiro atoms. The van der Waals surface area contributed by atoms with Crippen molar-refractivity contribution in [3.8, 4) is 5.06 Å². The lowest BCUT2D eigenvalue weighted by Gasteiger charge is -2.06. The largest absolute Gasteiger partial charge is 0.484 e. The van der Waals surface area contributed by atoms with Gasteiger partial charge in [0.25, 0.3) is 5.91 Å².